The van der Waals surface area contributed by atoms with E-state index in [-0.39, 0.29) is 18.3 Å². The number of benzene rings is 1. The van der Waals surface area contributed by atoms with Crippen LogP contribution in [0.15, 0.2) is 28.7 Å². The normalized spacial score (nSPS) is 15.1. The predicted molar refractivity (Wildman–Crippen MR) is 90.2 cm³/mol. The van der Waals surface area contributed by atoms with E-state index >= 15 is 0 Å². The molecule has 6 heteroatoms. The van der Waals surface area contributed by atoms with Gasteiger partial charge in [-0.05, 0) is 54.0 Å². The lowest BCUT2D eigenvalue weighted by atomic mass is 10.1. The molecule has 0 atom stereocenters. The molecule has 2 rings (SSSR count). The Morgan fingerprint density at radius 3 is 2.71 bits per heavy atom. The Morgan fingerprint density at radius 1 is 1.38 bits per heavy atom. The maximum Gasteiger partial charge on any atom is 0.225 e. The van der Waals surface area contributed by atoms with Crippen molar-refractivity contribution in [1.82, 2.24) is 10.2 Å². The second-order valence-electron chi connectivity index (χ2n) is 5.01. The average molecular weight is 378 g/mol. The van der Waals surface area contributed by atoms with Crippen molar-refractivity contribution in [3.05, 3.63) is 28.7 Å². The van der Waals surface area contributed by atoms with E-state index in [2.05, 4.69) is 21.2 Å². The third-order valence-corrected chi connectivity index (χ3v) is 4.32. The standard InChI is InChI=1S/C15H21BrN2O2.ClH/c1-18(12-6-9-17-10-7-12)15(19)8-11-20-14-5-3-2-4-13(14)16;/h2-5,12,17H,6-11H2,1H3;1H. The third-order valence-electron chi connectivity index (χ3n) is 3.66. The van der Waals surface area contributed by atoms with Gasteiger partial charge in [-0.15, -0.1) is 12.4 Å². The Labute approximate surface area is 140 Å². The van der Waals surface area contributed by atoms with Crippen LogP contribution in [0.5, 0.6) is 5.75 Å². The van der Waals surface area contributed by atoms with Gasteiger partial charge in [0.1, 0.15) is 5.75 Å². The van der Waals surface area contributed by atoms with Gasteiger partial charge in [-0.2, -0.15) is 0 Å². The van der Waals surface area contributed by atoms with E-state index in [0.717, 1.165) is 36.2 Å². The Kier molecular flexibility index (Phi) is 8.07. The number of nitrogens with one attached hydrogen (secondary N) is 1. The van der Waals surface area contributed by atoms with Gasteiger partial charge < -0.3 is 15.0 Å². The summed E-state index contributed by atoms with van der Waals surface area (Å²) >= 11 is 3.43. The molecule has 1 amide bonds. The first kappa shape index (κ1) is 18.3. The molecule has 0 unspecified atom stereocenters. The summed E-state index contributed by atoms with van der Waals surface area (Å²) in [4.78, 5) is 14.0. The number of halogens is 2. The highest BCUT2D eigenvalue weighted by Gasteiger charge is 2.21. The summed E-state index contributed by atoms with van der Waals surface area (Å²) < 4.78 is 6.55. The van der Waals surface area contributed by atoms with E-state index < -0.39 is 0 Å². The molecule has 1 aliphatic rings. The lowest BCUT2D eigenvalue weighted by molar-refractivity contribution is -0.132. The summed E-state index contributed by atoms with van der Waals surface area (Å²) in [5.41, 5.74) is 0. The zero-order chi connectivity index (χ0) is 14.4. The summed E-state index contributed by atoms with van der Waals surface area (Å²) in [6.45, 7) is 2.41. The van der Waals surface area contributed by atoms with Crippen molar-refractivity contribution in [1.29, 1.82) is 0 Å². The van der Waals surface area contributed by atoms with E-state index in [4.69, 9.17) is 4.74 Å². The van der Waals surface area contributed by atoms with Crippen molar-refractivity contribution in [2.45, 2.75) is 25.3 Å². The number of hydrogen-bond acceptors (Lipinski definition) is 3. The molecular formula is C15H22BrClN2O2. The molecule has 0 spiro atoms. The minimum atomic E-state index is 0. The van der Waals surface area contributed by atoms with E-state index in [0.29, 0.717) is 19.1 Å². The smallest absolute Gasteiger partial charge is 0.225 e. The number of ether oxygens (including phenoxy) is 1. The first-order chi connectivity index (χ1) is 9.68. The number of piperidine rings is 1. The van der Waals surface area contributed by atoms with Crippen LogP contribution in [-0.2, 0) is 4.79 Å². The number of nitrogens with zero attached hydrogens (tertiary/aromatic N) is 1. The summed E-state index contributed by atoms with van der Waals surface area (Å²) in [6.07, 6.45) is 2.49. The van der Waals surface area contributed by atoms with E-state index in [9.17, 15) is 4.79 Å². The monoisotopic (exact) mass is 376 g/mol. The molecule has 0 aliphatic carbocycles. The molecule has 1 heterocycles. The van der Waals surface area contributed by atoms with Crippen LogP contribution in [0.4, 0.5) is 0 Å². The molecule has 1 saturated heterocycles. The Hall–Kier alpha value is -0.780. The molecule has 0 aromatic heterocycles. The molecule has 118 valence electrons. The summed E-state index contributed by atoms with van der Waals surface area (Å²) in [7, 11) is 1.90. The molecule has 0 radical (unpaired) electrons. The molecule has 1 N–H and O–H groups in total. The lowest BCUT2D eigenvalue weighted by Crippen LogP contribution is -2.44. The fourth-order valence-electron chi connectivity index (χ4n) is 2.38. The van der Waals surface area contributed by atoms with Gasteiger partial charge in [0.05, 0.1) is 17.5 Å². The van der Waals surface area contributed by atoms with Crippen LogP contribution in [0.25, 0.3) is 0 Å². The second kappa shape index (κ2) is 9.28. The molecular weight excluding hydrogens is 356 g/mol. The van der Waals surface area contributed by atoms with Crippen LogP contribution in [0.1, 0.15) is 19.3 Å². The van der Waals surface area contributed by atoms with Crippen molar-refractivity contribution >= 4 is 34.2 Å². The van der Waals surface area contributed by atoms with Gasteiger partial charge in [-0.25, -0.2) is 0 Å². The number of para-hydroxylation sites is 1. The van der Waals surface area contributed by atoms with Gasteiger partial charge in [-0.1, -0.05) is 12.1 Å². The van der Waals surface area contributed by atoms with E-state index in [1.54, 1.807) is 0 Å². The van der Waals surface area contributed by atoms with E-state index in [1.165, 1.54) is 0 Å². The number of rotatable bonds is 5. The Morgan fingerprint density at radius 2 is 2.05 bits per heavy atom. The highest BCUT2D eigenvalue weighted by atomic mass is 79.9. The van der Waals surface area contributed by atoms with Crippen LogP contribution >= 0.6 is 28.3 Å². The zero-order valence-electron chi connectivity index (χ0n) is 12.2. The predicted octanol–water partition coefficient (Wildman–Crippen LogP) is 2.85. The van der Waals surface area contributed by atoms with Gasteiger partial charge >= 0.3 is 0 Å². The maximum absolute atomic E-state index is 12.1. The van der Waals surface area contributed by atoms with Crippen molar-refractivity contribution in [3.8, 4) is 5.75 Å². The van der Waals surface area contributed by atoms with Gasteiger partial charge in [0.25, 0.3) is 0 Å². The fraction of sp³-hybridized carbons (Fsp3) is 0.533. The second-order valence-corrected chi connectivity index (χ2v) is 5.87. The quantitative estimate of drug-likeness (QED) is 0.858. The van der Waals surface area contributed by atoms with Gasteiger partial charge in [0.2, 0.25) is 5.91 Å². The third kappa shape index (κ3) is 5.49. The van der Waals surface area contributed by atoms with Gasteiger partial charge in [0, 0.05) is 13.1 Å². The number of carbonyl (C=O) groups is 1. The van der Waals surface area contributed by atoms with E-state index in [1.807, 2.05) is 36.2 Å². The molecule has 4 nitrogen and oxygen atoms in total. The maximum atomic E-state index is 12.1. The van der Waals surface area contributed by atoms with Crippen molar-refractivity contribution in [3.63, 3.8) is 0 Å². The topological polar surface area (TPSA) is 41.6 Å². The van der Waals surface area contributed by atoms with Crippen LogP contribution in [0.3, 0.4) is 0 Å². The number of carbonyl (C=O) groups excluding carboxylic acids is 1. The summed E-state index contributed by atoms with van der Waals surface area (Å²) in [6, 6.07) is 8.05. The molecule has 1 aromatic rings. The lowest BCUT2D eigenvalue weighted by Gasteiger charge is -2.31. The first-order valence-electron chi connectivity index (χ1n) is 7.02. The minimum absolute atomic E-state index is 0. The molecule has 1 aromatic carbocycles. The number of hydrogen-bond donors (Lipinski definition) is 1. The van der Waals surface area contributed by atoms with Gasteiger partial charge in [0.15, 0.2) is 0 Å². The zero-order valence-corrected chi connectivity index (χ0v) is 14.6. The average Bonchev–Trinajstić information content (AvgIpc) is 2.49. The van der Waals surface area contributed by atoms with Gasteiger partial charge in [-0.3, -0.25) is 4.79 Å². The largest absolute Gasteiger partial charge is 0.492 e. The van der Waals surface area contributed by atoms with Crippen LogP contribution in [-0.4, -0.2) is 43.6 Å². The fourth-order valence-corrected chi connectivity index (χ4v) is 2.78. The SMILES string of the molecule is CN(C(=O)CCOc1ccccc1Br)C1CCNCC1.Cl. The van der Waals surface area contributed by atoms with Crippen molar-refractivity contribution in [2.75, 3.05) is 26.7 Å². The highest BCUT2D eigenvalue weighted by molar-refractivity contribution is 9.10. The number of amides is 1. The molecule has 0 saturated carbocycles. The highest BCUT2D eigenvalue weighted by Crippen LogP contribution is 2.23. The van der Waals surface area contributed by atoms with Crippen molar-refractivity contribution < 1.29 is 9.53 Å². The first-order valence-corrected chi connectivity index (χ1v) is 7.81. The molecule has 1 fully saturated rings. The minimum Gasteiger partial charge on any atom is -0.492 e. The van der Waals surface area contributed by atoms with Crippen molar-refractivity contribution in [2.24, 2.45) is 0 Å². The Bertz CT molecular complexity index is 453. The van der Waals surface area contributed by atoms with Crippen LogP contribution < -0.4 is 10.1 Å². The van der Waals surface area contributed by atoms with Crippen LogP contribution in [0.2, 0.25) is 0 Å². The molecule has 21 heavy (non-hydrogen) atoms. The molecule has 0 bridgehead atoms. The molecule has 1 aliphatic heterocycles. The van der Waals surface area contributed by atoms with Crippen LogP contribution in [0, 0.1) is 0 Å². The summed E-state index contributed by atoms with van der Waals surface area (Å²) in [5, 5.41) is 3.31. The summed E-state index contributed by atoms with van der Waals surface area (Å²) in [5.74, 6) is 0.939. The Balaban J connectivity index is 0.00000220.